The van der Waals surface area contributed by atoms with Gasteiger partial charge in [0.2, 0.25) is 5.91 Å². The summed E-state index contributed by atoms with van der Waals surface area (Å²) in [6, 6.07) is 1.93. The lowest BCUT2D eigenvalue weighted by Crippen LogP contribution is -2.29. The van der Waals surface area contributed by atoms with Gasteiger partial charge in [-0.2, -0.15) is 15.5 Å². The van der Waals surface area contributed by atoms with Crippen LogP contribution in [0, 0.1) is 11.3 Å². The first kappa shape index (κ1) is 20.1. The SMILES string of the molecule is C=CC(=O)N1CCCCCC1.Cn1cc(-c2cn3ncc(C#N)c3c(=O)[nH]2)cn1. The van der Waals surface area contributed by atoms with Crippen molar-refractivity contribution in [1.82, 2.24) is 29.3 Å². The minimum Gasteiger partial charge on any atom is -0.339 e. The highest BCUT2D eigenvalue weighted by atomic mass is 16.2. The number of carbonyl (C=O) groups excluding carboxylic acids is 1. The second kappa shape index (κ2) is 9.01. The van der Waals surface area contributed by atoms with Crippen LogP contribution >= 0.6 is 0 Å². The zero-order valence-electron chi connectivity index (χ0n) is 16.3. The van der Waals surface area contributed by atoms with E-state index in [0.29, 0.717) is 5.69 Å². The van der Waals surface area contributed by atoms with Crippen LogP contribution in [-0.2, 0) is 11.8 Å². The number of fused-ring (bicyclic) bond motifs is 1. The Morgan fingerprint density at radius 1 is 1.21 bits per heavy atom. The molecule has 0 saturated carbocycles. The van der Waals surface area contributed by atoms with Gasteiger partial charge in [0.25, 0.3) is 5.56 Å². The molecule has 0 aliphatic carbocycles. The number of nitrogens with zero attached hydrogens (tertiary/aromatic N) is 6. The molecule has 0 aromatic carbocycles. The lowest BCUT2D eigenvalue weighted by atomic mass is 10.2. The number of H-pyrrole nitrogens is 1. The molecule has 1 aliphatic rings. The second-order valence-corrected chi connectivity index (χ2v) is 6.81. The third-order valence-electron chi connectivity index (χ3n) is 4.74. The largest absolute Gasteiger partial charge is 0.339 e. The predicted molar refractivity (Wildman–Crippen MR) is 108 cm³/mol. The van der Waals surface area contributed by atoms with Gasteiger partial charge in [0, 0.05) is 31.9 Å². The quantitative estimate of drug-likeness (QED) is 0.668. The predicted octanol–water partition coefficient (Wildman–Crippen LogP) is 1.87. The Bertz CT molecular complexity index is 1110. The molecular weight excluding hydrogens is 370 g/mol. The normalized spacial score (nSPS) is 13.9. The number of rotatable bonds is 2. The van der Waals surface area contributed by atoms with Crippen LogP contribution in [0.25, 0.3) is 16.8 Å². The molecule has 9 nitrogen and oxygen atoms in total. The minimum absolute atomic E-state index is 0.0897. The van der Waals surface area contributed by atoms with Crippen LogP contribution in [0.2, 0.25) is 0 Å². The summed E-state index contributed by atoms with van der Waals surface area (Å²) in [5.74, 6) is 0.0897. The number of aromatic nitrogens is 5. The molecule has 29 heavy (non-hydrogen) atoms. The fourth-order valence-electron chi connectivity index (χ4n) is 3.23. The molecule has 3 aromatic rings. The summed E-state index contributed by atoms with van der Waals surface area (Å²) in [7, 11) is 1.79. The lowest BCUT2D eigenvalue weighted by Gasteiger charge is -2.17. The first-order valence-electron chi connectivity index (χ1n) is 9.44. The van der Waals surface area contributed by atoms with E-state index in [4.69, 9.17) is 5.26 Å². The highest BCUT2D eigenvalue weighted by molar-refractivity contribution is 5.86. The number of aromatic amines is 1. The molecule has 150 valence electrons. The zero-order chi connectivity index (χ0) is 20.8. The summed E-state index contributed by atoms with van der Waals surface area (Å²) >= 11 is 0. The summed E-state index contributed by atoms with van der Waals surface area (Å²) in [4.78, 5) is 27.7. The average Bonchev–Trinajstić information content (AvgIpc) is 3.25. The molecule has 3 aromatic heterocycles. The first-order valence-corrected chi connectivity index (χ1v) is 9.44. The topological polar surface area (TPSA) is 112 Å². The number of carbonyl (C=O) groups is 1. The molecule has 1 N–H and O–H groups in total. The highest BCUT2D eigenvalue weighted by Gasteiger charge is 2.12. The molecule has 4 heterocycles. The van der Waals surface area contributed by atoms with Gasteiger partial charge < -0.3 is 9.88 Å². The Kier molecular flexibility index (Phi) is 6.24. The summed E-state index contributed by atoms with van der Waals surface area (Å²) in [5, 5.41) is 16.9. The summed E-state index contributed by atoms with van der Waals surface area (Å²) < 4.78 is 3.04. The van der Waals surface area contributed by atoms with Gasteiger partial charge in [-0.3, -0.25) is 14.3 Å². The number of amides is 1. The van der Waals surface area contributed by atoms with Crippen molar-refractivity contribution in [1.29, 1.82) is 5.26 Å². The van der Waals surface area contributed by atoms with Crippen molar-refractivity contribution < 1.29 is 4.79 Å². The zero-order valence-corrected chi connectivity index (χ0v) is 16.3. The Balaban J connectivity index is 0.000000188. The Labute approximate surface area is 167 Å². The van der Waals surface area contributed by atoms with E-state index >= 15 is 0 Å². The van der Waals surface area contributed by atoms with Gasteiger partial charge in [0.15, 0.2) is 0 Å². The highest BCUT2D eigenvalue weighted by Crippen LogP contribution is 2.15. The molecule has 4 rings (SSSR count). The number of aryl methyl sites for hydroxylation is 1. The average molecular weight is 393 g/mol. The van der Waals surface area contributed by atoms with Gasteiger partial charge in [-0.1, -0.05) is 19.4 Å². The van der Waals surface area contributed by atoms with E-state index in [-0.39, 0.29) is 22.5 Å². The molecule has 0 unspecified atom stereocenters. The Morgan fingerprint density at radius 3 is 2.52 bits per heavy atom. The summed E-state index contributed by atoms with van der Waals surface area (Å²) in [6.07, 6.45) is 12.7. The molecule has 0 spiro atoms. The van der Waals surface area contributed by atoms with E-state index in [0.717, 1.165) is 31.5 Å². The van der Waals surface area contributed by atoms with Gasteiger partial charge in [-0.05, 0) is 18.9 Å². The van der Waals surface area contributed by atoms with Crippen molar-refractivity contribution in [2.75, 3.05) is 13.1 Å². The number of likely N-dealkylation sites (tertiary alicyclic amines) is 1. The molecule has 0 atom stereocenters. The van der Waals surface area contributed by atoms with Crippen molar-refractivity contribution in [3.8, 4) is 17.3 Å². The van der Waals surface area contributed by atoms with Crippen LogP contribution in [0.15, 0.2) is 42.2 Å². The molecular formula is C20H23N7O2. The smallest absolute Gasteiger partial charge is 0.275 e. The molecule has 1 saturated heterocycles. The van der Waals surface area contributed by atoms with Crippen LogP contribution in [0.5, 0.6) is 0 Å². The first-order chi connectivity index (χ1) is 14.0. The number of hydrogen-bond acceptors (Lipinski definition) is 5. The standard InChI is InChI=1S/C11H8N6O.C9H15NO/c1-16-5-8(4-13-16)9-6-17-10(11(18)15-9)7(2-12)3-14-17;1-2-9(11)10-7-5-3-4-6-8-10/h3-6H,1H3,(H,15,18);2H,1,3-8H2. The van der Waals surface area contributed by atoms with Crippen LogP contribution in [-0.4, -0.2) is 48.3 Å². The summed E-state index contributed by atoms with van der Waals surface area (Å²) in [6.45, 7) is 5.32. The third-order valence-corrected chi connectivity index (χ3v) is 4.74. The van der Waals surface area contributed by atoms with E-state index in [9.17, 15) is 9.59 Å². The fourth-order valence-corrected chi connectivity index (χ4v) is 3.23. The molecule has 1 amide bonds. The van der Waals surface area contributed by atoms with E-state index < -0.39 is 0 Å². The van der Waals surface area contributed by atoms with Gasteiger partial charge >= 0.3 is 0 Å². The van der Waals surface area contributed by atoms with Crippen molar-refractivity contribution in [3.05, 3.63) is 53.4 Å². The van der Waals surface area contributed by atoms with Crippen molar-refractivity contribution in [2.24, 2.45) is 7.05 Å². The van der Waals surface area contributed by atoms with Gasteiger partial charge in [0.05, 0.1) is 24.3 Å². The van der Waals surface area contributed by atoms with E-state index in [1.165, 1.54) is 29.6 Å². The van der Waals surface area contributed by atoms with E-state index in [1.807, 2.05) is 11.0 Å². The maximum atomic E-state index is 11.9. The third kappa shape index (κ3) is 4.60. The van der Waals surface area contributed by atoms with Crippen molar-refractivity contribution in [3.63, 3.8) is 0 Å². The fraction of sp³-hybridized carbons (Fsp3) is 0.350. The molecule has 1 fully saturated rings. The number of nitriles is 1. The maximum Gasteiger partial charge on any atom is 0.275 e. The van der Waals surface area contributed by atoms with Gasteiger partial charge in [0.1, 0.15) is 17.1 Å². The number of nitrogens with one attached hydrogen (secondary N) is 1. The Morgan fingerprint density at radius 2 is 1.93 bits per heavy atom. The van der Waals surface area contributed by atoms with Gasteiger partial charge in [-0.25, -0.2) is 4.52 Å². The van der Waals surface area contributed by atoms with E-state index in [2.05, 4.69) is 21.8 Å². The second-order valence-electron chi connectivity index (χ2n) is 6.81. The maximum absolute atomic E-state index is 11.9. The lowest BCUT2D eigenvalue weighted by molar-refractivity contribution is -0.125. The Hall–Kier alpha value is -3.67. The molecule has 1 aliphatic heterocycles. The van der Waals surface area contributed by atoms with Crippen molar-refractivity contribution in [2.45, 2.75) is 25.7 Å². The van der Waals surface area contributed by atoms with Crippen LogP contribution in [0.4, 0.5) is 0 Å². The minimum atomic E-state index is -0.342. The van der Waals surface area contributed by atoms with Crippen molar-refractivity contribution >= 4 is 11.4 Å². The van der Waals surface area contributed by atoms with Gasteiger partial charge in [-0.15, -0.1) is 0 Å². The van der Waals surface area contributed by atoms with Crippen LogP contribution in [0.1, 0.15) is 31.2 Å². The monoisotopic (exact) mass is 393 g/mol. The van der Waals surface area contributed by atoms with E-state index in [1.54, 1.807) is 30.3 Å². The molecule has 0 bridgehead atoms. The van der Waals surface area contributed by atoms with Crippen LogP contribution in [0.3, 0.4) is 0 Å². The summed E-state index contributed by atoms with van der Waals surface area (Å²) in [5.41, 5.74) is 1.56. The van der Waals surface area contributed by atoms with Crippen LogP contribution < -0.4 is 5.56 Å². The number of hydrogen-bond donors (Lipinski definition) is 1. The molecule has 0 radical (unpaired) electrons. The molecule has 9 heteroatoms.